The van der Waals surface area contributed by atoms with Crippen molar-refractivity contribution in [3.05, 3.63) is 35.4 Å². The maximum atomic E-state index is 12.5. The van der Waals surface area contributed by atoms with Gasteiger partial charge in [0.1, 0.15) is 5.78 Å². The van der Waals surface area contributed by atoms with E-state index in [9.17, 15) is 9.59 Å². The lowest BCUT2D eigenvalue weighted by Gasteiger charge is -2.26. The van der Waals surface area contributed by atoms with E-state index in [0.29, 0.717) is 31.6 Å². The normalized spacial score (nSPS) is 19.8. The monoisotopic (exact) mass is 792 g/mol. The molecule has 2 aliphatic rings. The summed E-state index contributed by atoms with van der Waals surface area (Å²) in [7, 11) is 5.82. The summed E-state index contributed by atoms with van der Waals surface area (Å²) in [5.74, 6) is 2.42. The molecule has 0 aromatic heterocycles. The molecule has 5 N–H and O–H groups in total. The third-order valence-corrected chi connectivity index (χ3v) is 12.6. The first-order chi connectivity index (χ1) is 26.5. The van der Waals surface area contributed by atoms with Gasteiger partial charge in [-0.15, -0.1) is 0 Å². The number of hydrogen-bond donors (Lipinski definition) is 5. The molecule has 0 bridgehead atoms. The molecular formula is C41H77N9O2S2. The Bertz CT molecular complexity index is 1060. The van der Waals surface area contributed by atoms with Gasteiger partial charge < -0.3 is 36.4 Å². The van der Waals surface area contributed by atoms with Gasteiger partial charge in [0, 0.05) is 109 Å². The van der Waals surface area contributed by atoms with Crippen molar-refractivity contribution < 1.29 is 9.59 Å². The smallest absolute Gasteiger partial charge is 0.221 e. The molecule has 0 aliphatic carbocycles. The van der Waals surface area contributed by atoms with Gasteiger partial charge in [-0.25, -0.2) is 0 Å². The lowest BCUT2D eigenvalue weighted by molar-refractivity contribution is -0.121. The highest BCUT2D eigenvalue weighted by molar-refractivity contribution is 8.76. The molecule has 2 saturated heterocycles. The summed E-state index contributed by atoms with van der Waals surface area (Å²) in [4.78, 5) is 34.2. The Labute approximate surface area is 337 Å². The van der Waals surface area contributed by atoms with Gasteiger partial charge in [-0.05, 0) is 109 Å². The van der Waals surface area contributed by atoms with Gasteiger partial charge in [-0.2, -0.15) is 0 Å². The number of nitrogens with zero attached hydrogens (tertiary/aromatic N) is 4. The molecule has 310 valence electrons. The molecule has 54 heavy (non-hydrogen) atoms. The third kappa shape index (κ3) is 24.4. The molecular weight excluding hydrogens is 715 g/mol. The first-order valence-electron chi connectivity index (χ1n) is 21.3. The number of hydrogen-bond acceptors (Lipinski definition) is 12. The predicted molar refractivity (Wildman–Crippen MR) is 233 cm³/mol. The first kappa shape index (κ1) is 47.1. The van der Waals surface area contributed by atoms with Crippen LogP contribution in [0.4, 0.5) is 0 Å². The van der Waals surface area contributed by atoms with Crippen LogP contribution in [0.5, 0.6) is 0 Å². The lowest BCUT2D eigenvalue weighted by atomic mass is 10.1. The van der Waals surface area contributed by atoms with Crippen molar-refractivity contribution in [1.29, 1.82) is 0 Å². The second kappa shape index (κ2) is 31.8. The fraction of sp³-hybridized carbons (Fsp3) is 0.805. The molecule has 0 saturated carbocycles. The molecule has 3 rings (SSSR count). The van der Waals surface area contributed by atoms with E-state index in [4.69, 9.17) is 0 Å². The van der Waals surface area contributed by atoms with Crippen molar-refractivity contribution in [3.63, 3.8) is 0 Å². The van der Waals surface area contributed by atoms with Crippen molar-refractivity contribution in [2.45, 2.75) is 77.8 Å². The molecule has 2 heterocycles. The van der Waals surface area contributed by atoms with Gasteiger partial charge in [-0.1, -0.05) is 52.8 Å². The SMILES string of the molecule is CCCC(=O)CCCSSCCNC(=O)CCN1CCCNCCN(Cc2ccc(CN3CCCNCCN(C)CCCNCC3)cc2)CCCNCC1. The zero-order valence-corrected chi connectivity index (χ0v) is 35.8. The van der Waals surface area contributed by atoms with Crippen molar-refractivity contribution in [1.82, 2.24) is 46.2 Å². The molecule has 11 nitrogen and oxygen atoms in total. The first-order valence-corrected chi connectivity index (χ1v) is 23.8. The number of benzene rings is 1. The highest BCUT2D eigenvalue weighted by atomic mass is 33.1. The van der Waals surface area contributed by atoms with Crippen molar-refractivity contribution in [2.24, 2.45) is 0 Å². The third-order valence-electron chi connectivity index (χ3n) is 10.2. The number of rotatable bonds is 17. The van der Waals surface area contributed by atoms with E-state index in [0.717, 1.165) is 162 Å². The van der Waals surface area contributed by atoms with E-state index in [1.807, 2.05) is 10.8 Å². The number of ketones is 1. The van der Waals surface area contributed by atoms with Gasteiger partial charge in [0.25, 0.3) is 0 Å². The minimum Gasteiger partial charge on any atom is -0.355 e. The second-order valence-corrected chi connectivity index (χ2v) is 17.8. The van der Waals surface area contributed by atoms with Gasteiger partial charge in [0.05, 0.1) is 0 Å². The zero-order chi connectivity index (χ0) is 38.3. The van der Waals surface area contributed by atoms with E-state index < -0.39 is 0 Å². The molecule has 0 atom stereocenters. The average Bonchev–Trinajstić information content (AvgIpc) is 3.16. The Kier molecular flexibility index (Phi) is 27.7. The molecule has 1 amide bonds. The van der Waals surface area contributed by atoms with Crippen LogP contribution in [0.2, 0.25) is 0 Å². The minimum absolute atomic E-state index is 0.143. The fourth-order valence-corrected chi connectivity index (χ4v) is 8.92. The molecule has 2 aliphatic heterocycles. The largest absolute Gasteiger partial charge is 0.355 e. The molecule has 2 fully saturated rings. The lowest BCUT2D eigenvalue weighted by Crippen LogP contribution is -2.39. The molecule has 1 aromatic rings. The Balaban J connectivity index is 1.30. The molecule has 0 unspecified atom stereocenters. The number of nitrogens with one attached hydrogen (secondary N) is 5. The summed E-state index contributed by atoms with van der Waals surface area (Å²) >= 11 is 0. The standard InChI is InChI=1S/C41H77N9O2S2/c1-3-9-40(51)10-4-34-53-54-35-24-46-41(52)15-29-48-26-6-17-45-23-33-50(28-8-19-44-21-31-48)37-39-13-11-38(12-14-39)36-49-27-7-18-42-20-30-47(2)25-5-16-43-22-32-49/h11-14,42-45H,3-10,15-37H2,1-2H3,(H,46,52). The Morgan fingerprint density at radius 2 is 1.11 bits per heavy atom. The highest BCUT2D eigenvalue weighted by Gasteiger charge is 2.12. The van der Waals surface area contributed by atoms with Crippen LogP contribution >= 0.6 is 21.6 Å². The van der Waals surface area contributed by atoms with Gasteiger partial charge >= 0.3 is 0 Å². The molecule has 1 aromatic carbocycles. The molecule has 0 radical (unpaired) electrons. The molecule has 0 spiro atoms. The van der Waals surface area contributed by atoms with Gasteiger partial charge in [0.2, 0.25) is 5.91 Å². The van der Waals surface area contributed by atoms with E-state index in [1.165, 1.54) is 24.0 Å². The Morgan fingerprint density at radius 3 is 1.69 bits per heavy atom. The summed E-state index contributed by atoms with van der Waals surface area (Å²) < 4.78 is 0. The summed E-state index contributed by atoms with van der Waals surface area (Å²) in [6, 6.07) is 9.40. The average molecular weight is 792 g/mol. The number of carbonyl (C=O) groups excluding carboxylic acids is 2. The van der Waals surface area contributed by atoms with Crippen LogP contribution in [0.3, 0.4) is 0 Å². The molecule has 13 heteroatoms. The topological polar surface area (TPSA) is 107 Å². The van der Waals surface area contributed by atoms with Gasteiger partial charge in [-0.3, -0.25) is 19.4 Å². The van der Waals surface area contributed by atoms with Crippen LogP contribution in [0.15, 0.2) is 24.3 Å². The number of Topliss-reactive ketones (excluding diaryl/α,β-unsaturated/α-hetero) is 1. The van der Waals surface area contributed by atoms with E-state index in [1.54, 1.807) is 10.8 Å². The van der Waals surface area contributed by atoms with Crippen LogP contribution in [-0.2, 0) is 22.7 Å². The number of carbonyl (C=O) groups is 2. The van der Waals surface area contributed by atoms with Crippen molar-refractivity contribution >= 4 is 33.3 Å². The van der Waals surface area contributed by atoms with Crippen LogP contribution in [0, 0.1) is 0 Å². The van der Waals surface area contributed by atoms with E-state index in [-0.39, 0.29) is 5.91 Å². The second-order valence-electron chi connectivity index (χ2n) is 15.1. The fourth-order valence-electron chi connectivity index (χ4n) is 6.92. The van der Waals surface area contributed by atoms with Crippen LogP contribution in [0.25, 0.3) is 0 Å². The summed E-state index contributed by atoms with van der Waals surface area (Å²) in [5, 5.41) is 17.8. The summed E-state index contributed by atoms with van der Waals surface area (Å²) in [6.45, 7) is 22.4. The maximum absolute atomic E-state index is 12.5. The minimum atomic E-state index is 0.143. The number of likely N-dealkylation sites (N-methyl/N-ethyl adjacent to an activating group) is 1. The zero-order valence-electron chi connectivity index (χ0n) is 34.2. The highest BCUT2D eigenvalue weighted by Crippen LogP contribution is 2.22. The van der Waals surface area contributed by atoms with Crippen LogP contribution in [0.1, 0.15) is 75.8 Å². The maximum Gasteiger partial charge on any atom is 0.221 e. The Hall–Kier alpha value is -1.26. The van der Waals surface area contributed by atoms with E-state index >= 15 is 0 Å². The summed E-state index contributed by atoms with van der Waals surface area (Å²) in [5.41, 5.74) is 2.80. The van der Waals surface area contributed by atoms with Gasteiger partial charge in [0.15, 0.2) is 0 Å². The quantitative estimate of drug-likeness (QED) is 0.118. The van der Waals surface area contributed by atoms with Crippen LogP contribution < -0.4 is 26.6 Å². The van der Waals surface area contributed by atoms with Crippen molar-refractivity contribution in [2.75, 3.05) is 136 Å². The van der Waals surface area contributed by atoms with Crippen LogP contribution in [-0.4, -0.2) is 168 Å². The van der Waals surface area contributed by atoms with E-state index in [2.05, 4.69) is 84.4 Å². The predicted octanol–water partition coefficient (Wildman–Crippen LogP) is 3.51. The van der Waals surface area contributed by atoms with Crippen molar-refractivity contribution in [3.8, 4) is 0 Å². The number of amides is 1. The summed E-state index contributed by atoms with van der Waals surface area (Å²) in [6.07, 6.45) is 8.45. The Morgan fingerprint density at radius 1 is 0.611 bits per heavy atom.